The summed E-state index contributed by atoms with van der Waals surface area (Å²) in [6.07, 6.45) is 8.24. The smallest absolute Gasteiger partial charge is 0.0823 e. The van der Waals surface area contributed by atoms with E-state index in [1.807, 2.05) is 0 Å². The molecule has 0 bridgehead atoms. The van der Waals surface area contributed by atoms with E-state index in [2.05, 4.69) is 26.0 Å². The van der Waals surface area contributed by atoms with Gasteiger partial charge in [0, 0.05) is 7.11 Å². The fourth-order valence-electron chi connectivity index (χ4n) is 1.66. The Labute approximate surface area is 75.1 Å². The molecule has 1 atom stereocenters. The van der Waals surface area contributed by atoms with Gasteiger partial charge in [-0.05, 0) is 31.8 Å². The number of hydrogen-bond donors (Lipinski definition) is 0. The molecule has 1 heteroatoms. The van der Waals surface area contributed by atoms with E-state index in [0.717, 1.165) is 12.8 Å². The van der Waals surface area contributed by atoms with Gasteiger partial charge in [0.25, 0.3) is 0 Å². The number of allylic oxidation sites excluding steroid dienone is 2. The van der Waals surface area contributed by atoms with Crippen LogP contribution in [0.4, 0.5) is 0 Å². The van der Waals surface area contributed by atoms with E-state index >= 15 is 0 Å². The van der Waals surface area contributed by atoms with Crippen molar-refractivity contribution in [2.75, 3.05) is 7.11 Å². The van der Waals surface area contributed by atoms with Gasteiger partial charge < -0.3 is 4.74 Å². The van der Waals surface area contributed by atoms with Crippen molar-refractivity contribution in [1.29, 1.82) is 0 Å². The molecule has 0 aromatic rings. The van der Waals surface area contributed by atoms with Gasteiger partial charge in [0.2, 0.25) is 0 Å². The van der Waals surface area contributed by atoms with Crippen LogP contribution in [-0.4, -0.2) is 13.2 Å². The van der Waals surface area contributed by atoms with Crippen LogP contribution < -0.4 is 0 Å². The number of ether oxygens (including phenoxy) is 1. The molecule has 0 spiro atoms. The lowest BCUT2D eigenvalue weighted by molar-refractivity contribution is 0.135. The standard InChI is InChI=1S/C11H18O/c1-4-5-6-10-9(2)7-8-11(10)12-3/h5-6,11H,4,7-8H2,1-3H3/b6-5-. The highest BCUT2D eigenvalue weighted by molar-refractivity contribution is 5.32. The van der Waals surface area contributed by atoms with Crippen LogP contribution in [0.2, 0.25) is 0 Å². The molecule has 0 amide bonds. The highest BCUT2D eigenvalue weighted by Crippen LogP contribution is 2.28. The maximum Gasteiger partial charge on any atom is 0.0823 e. The van der Waals surface area contributed by atoms with Gasteiger partial charge in [-0.1, -0.05) is 24.6 Å². The predicted molar refractivity (Wildman–Crippen MR) is 52.2 cm³/mol. The molecule has 0 fully saturated rings. The Morgan fingerprint density at radius 2 is 2.33 bits per heavy atom. The van der Waals surface area contributed by atoms with Gasteiger partial charge >= 0.3 is 0 Å². The van der Waals surface area contributed by atoms with E-state index in [0.29, 0.717) is 6.10 Å². The molecule has 0 aromatic carbocycles. The molecular weight excluding hydrogens is 148 g/mol. The molecule has 1 rings (SSSR count). The van der Waals surface area contributed by atoms with E-state index in [9.17, 15) is 0 Å². The Balaban J connectivity index is 2.68. The third kappa shape index (κ3) is 1.98. The predicted octanol–water partition coefficient (Wildman–Crippen LogP) is 3.08. The van der Waals surface area contributed by atoms with Gasteiger partial charge in [0.05, 0.1) is 6.10 Å². The molecule has 0 saturated carbocycles. The fourth-order valence-corrected chi connectivity index (χ4v) is 1.66. The van der Waals surface area contributed by atoms with E-state index in [1.165, 1.54) is 17.6 Å². The van der Waals surface area contributed by atoms with Crippen molar-refractivity contribution in [2.24, 2.45) is 0 Å². The van der Waals surface area contributed by atoms with Gasteiger partial charge in [-0.15, -0.1) is 0 Å². The molecule has 0 heterocycles. The number of rotatable bonds is 3. The van der Waals surface area contributed by atoms with Crippen molar-refractivity contribution in [3.63, 3.8) is 0 Å². The first-order valence-corrected chi connectivity index (χ1v) is 4.68. The Kier molecular flexibility index (Phi) is 3.54. The Hall–Kier alpha value is -0.560. The molecule has 1 aliphatic carbocycles. The summed E-state index contributed by atoms with van der Waals surface area (Å²) >= 11 is 0. The first kappa shape index (κ1) is 9.53. The summed E-state index contributed by atoms with van der Waals surface area (Å²) in [6.45, 7) is 4.36. The number of hydrogen-bond acceptors (Lipinski definition) is 1. The SMILES string of the molecule is CC/C=C\C1=C(C)CCC1OC. The second-order valence-electron chi connectivity index (χ2n) is 3.31. The lowest BCUT2D eigenvalue weighted by Crippen LogP contribution is -2.07. The van der Waals surface area contributed by atoms with Crippen molar-refractivity contribution in [1.82, 2.24) is 0 Å². The van der Waals surface area contributed by atoms with E-state index in [-0.39, 0.29) is 0 Å². The molecule has 0 aliphatic heterocycles. The minimum atomic E-state index is 0.354. The third-order valence-electron chi connectivity index (χ3n) is 2.44. The summed E-state index contributed by atoms with van der Waals surface area (Å²) in [5.74, 6) is 0. The zero-order valence-electron chi connectivity index (χ0n) is 8.26. The van der Waals surface area contributed by atoms with Crippen LogP contribution in [0.3, 0.4) is 0 Å². The van der Waals surface area contributed by atoms with Gasteiger partial charge in [-0.25, -0.2) is 0 Å². The molecule has 68 valence electrons. The van der Waals surface area contributed by atoms with Crippen molar-refractivity contribution in [3.8, 4) is 0 Å². The minimum absolute atomic E-state index is 0.354. The Morgan fingerprint density at radius 3 is 2.92 bits per heavy atom. The molecule has 0 aromatic heterocycles. The van der Waals surface area contributed by atoms with Gasteiger partial charge in [0.1, 0.15) is 0 Å². The molecule has 0 saturated heterocycles. The van der Waals surface area contributed by atoms with Crippen molar-refractivity contribution < 1.29 is 4.74 Å². The van der Waals surface area contributed by atoms with Crippen LogP contribution >= 0.6 is 0 Å². The van der Waals surface area contributed by atoms with E-state index in [1.54, 1.807) is 7.11 Å². The lowest BCUT2D eigenvalue weighted by atomic mass is 10.1. The fraction of sp³-hybridized carbons (Fsp3) is 0.636. The summed E-state index contributed by atoms with van der Waals surface area (Å²) in [5, 5.41) is 0. The van der Waals surface area contributed by atoms with E-state index < -0.39 is 0 Å². The van der Waals surface area contributed by atoms with Crippen LogP contribution in [0.15, 0.2) is 23.3 Å². The molecule has 0 N–H and O–H groups in total. The normalized spacial score (nSPS) is 24.4. The van der Waals surface area contributed by atoms with E-state index in [4.69, 9.17) is 4.74 Å². The van der Waals surface area contributed by atoms with Crippen molar-refractivity contribution >= 4 is 0 Å². The van der Waals surface area contributed by atoms with Gasteiger partial charge in [-0.2, -0.15) is 0 Å². The van der Waals surface area contributed by atoms with Gasteiger partial charge in [0.15, 0.2) is 0 Å². The van der Waals surface area contributed by atoms with Crippen molar-refractivity contribution in [2.45, 2.75) is 39.2 Å². The average Bonchev–Trinajstić information content (AvgIpc) is 2.43. The van der Waals surface area contributed by atoms with Crippen LogP contribution in [0.5, 0.6) is 0 Å². The first-order valence-electron chi connectivity index (χ1n) is 4.68. The maximum absolute atomic E-state index is 5.38. The summed E-state index contributed by atoms with van der Waals surface area (Å²) in [7, 11) is 1.79. The summed E-state index contributed by atoms with van der Waals surface area (Å²) in [6, 6.07) is 0. The quantitative estimate of drug-likeness (QED) is 0.626. The lowest BCUT2D eigenvalue weighted by Gasteiger charge is -2.09. The van der Waals surface area contributed by atoms with Gasteiger partial charge in [-0.3, -0.25) is 0 Å². The average molecular weight is 166 g/mol. The second-order valence-corrected chi connectivity index (χ2v) is 3.31. The molecule has 12 heavy (non-hydrogen) atoms. The molecule has 1 unspecified atom stereocenters. The zero-order chi connectivity index (χ0) is 8.97. The topological polar surface area (TPSA) is 9.23 Å². The highest BCUT2D eigenvalue weighted by Gasteiger charge is 2.20. The Bertz CT molecular complexity index is 201. The Morgan fingerprint density at radius 1 is 1.58 bits per heavy atom. The number of methoxy groups -OCH3 is 1. The molecular formula is C11H18O. The molecule has 0 radical (unpaired) electrons. The van der Waals surface area contributed by atoms with Crippen LogP contribution in [-0.2, 0) is 4.74 Å². The second kappa shape index (κ2) is 4.46. The highest BCUT2D eigenvalue weighted by atomic mass is 16.5. The minimum Gasteiger partial charge on any atom is -0.377 e. The molecule has 1 aliphatic rings. The largest absolute Gasteiger partial charge is 0.377 e. The maximum atomic E-state index is 5.38. The zero-order valence-corrected chi connectivity index (χ0v) is 8.26. The monoisotopic (exact) mass is 166 g/mol. The van der Waals surface area contributed by atoms with Crippen LogP contribution in [0, 0.1) is 0 Å². The summed E-state index contributed by atoms with van der Waals surface area (Å²) < 4.78 is 5.38. The summed E-state index contributed by atoms with van der Waals surface area (Å²) in [5.41, 5.74) is 2.89. The summed E-state index contributed by atoms with van der Waals surface area (Å²) in [4.78, 5) is 0. The third-order valence-corrected chi connectivity index (χ3v) is 2.44. The first-order chi connectivity index (χ1) is 5.79. The molecule has 1 nitrogen and oxygen atoms in total. The van der Waals surface area contributed by atoms with Crippen LogP contribution in [0.25, 0.3) is 0 Å². The van der Waals surface area contributed by atoms with Crippen molar-refractivity contribution in [3.05, 3.63) is 23.3 Å². The van der Waals surface area contributed by atoms with Crippen LogP contribution in [0.1, 0.15) is 33.1 Å².